The molecule has 2 fully saturated rings. The topological polar surface area (TPSA) is 85.1 Å². The van der Waals surface area contributed by atoms with Crippen molar-refractivity contribution in [3.8, 4) is 0 Å². The lowest BCUT2D eigenvalue weighted by Crippen LogP contribution is -2.46. The Bertz CT molecular complexity index is 507. The van der Waals surface area contributed by atoms with Gasteiger partial charge in [-0.2, -0.15) is 4.98 Å². The highest BCUT2D eigenvalue weighted by molar-refractivity contribution is 7.91. The number of hydrogen-bond donors (Lipinski definition) is 1. The van der Waals surface area contributed by atoms with Gasteiger partial charge < -0.3 is 9.84 Å². The van der Waals surface area contributed by atoms with Gasteiger partial charge in [-0.25, -0.2) is 8.42 Å². The van der Waals surface area contributed by atoms with Crippen LogP contribution in [0.15, 0.2) is 4.52 Å². The third kappa shape index (κ3) is 2.66. The van der Waals surface area contributed by atoms with E-state index in [0.717, 1.165) is 18.7 Å². The minimum absolute atomic E-state index is 0.0961. The first-order valence-electron chi connectivity index (χ1n) is 5.89. The molecule has 0 radical (unpaired) electrons. The van der Waals surface area contributed by atoms with Crippen molar-refractivity contribution in [2.75, 3.05) is 18.1 Å². The average molecular weight is 257 g/mol. The Kier molecular flexibility index (Phi) is 2.67. The lowest BCUT2D eigenvalue weighted by Gasteiger charge is -2.21. The number of nitrogens with zero attached hydrogens (tertiary/aromatic N) is 2. The van der Waals surface area contributed by atoms with Crippen molar-refractivity contribution < 1.29 is 12.9 Å². The van der Waals surface area contributed by atoms with Gasteiger partial charge in [-0.1, -0.05) is 5.16 Å². The third-order valence-corrected chi connectivity index (χ3v) is 4.88. The molecule has 6 nitrogen and oxygen atoms in total. The standard InChI is InChI=1S/C10H15N3O3S/c14-17(15)4-3-11-8(6-17)5-9-12-10(13-16-9)7-1-2-7/h7-8,11H,1-6H2. The molecule has 1 aromatic heterocycles. The first-order chi connectivity index (χ1) is 8.12. The second kappa shape index (κ2) is 4.06. The molecule has 1 aromatic rings. The molecule has 0 bridgehead atoms. The number of hydrogen-bond acceptors (Lipinski definition) is 6. The van der Waals surface area contributed by atoms with Gasteiger partial charge in [0.2, 0.25) is 5.89 Å². The normalized spacial score (nSPS) is 28.1. The Hall–Kier alpha value is -0.950. The molecule has 0 amide bonds. The van der Waals surface area contributed by atoms with Gasteiger partial charge in [0.05, 0.1) is 11.5 Å². The van der Waals surface area contributed by atoms with E-state index in [1.54, 1.807) is 0 Å². The van der Waals surface area contributed by atoms with Crippen LogP contribution in [0.25, 0.3) is 0 Å². The van der Waals surface area contributed by atoms with E-state index < -0.39 is 9.84 Å². The van der Waals surface area contributed by atoms with Gasteiger partial charge >= 0.3 is 0 Å². The summed E-state index contributed by atoms with van der Waals surface area (Å²) in [5.41, 5.74) is 0. The smallest absolute Gasteiger partial charge is 0.228 e. The van der Waals surface area contributed by atoms with Gasteiger partial charge in [-0.15, -0.1) is 0 Å². The third-order valence-electron chi connectivity index (χ3n) is 3.15. The zero-order valence-electron chi connectivity index (χ0n) is 9.42. The quantitative estimate of drug-likeness (QED) is 0.812. The molecule has 17 heavy (non-hydrogen) atoms. The molecule has 0 aromatic carbocycles. The zero-order valence-corrected chi connectivity index (χ0v) is 10.2. The van der Waals surface area contributed by atoms with Crippen molar-refractivity contribution in [3.63, 3.8) is 0 Å². The van der Waals surface area contributed by atoms with Gasteiger partial charge in [-0.3, -0.25) is 0 Å². The van der Waals surface area contributed by atoms with E-state index in [9.17, 15) is 8.42 Å². The highest BCUT2D eigenvalue weighted by Gasteiger charge is 2.30. The fourth-order valence-corrected chi connectivity index (χ4v) is 3.51. The Labute approximate surface area is 99.7 Å². The summed E-state index contributed by atoms with van der Waals surface area (Å²) in [5, 5.41) is 7.09. The molecule has 1 aliphatic heterocycles. The molecule has 2 aliphatic rings. The molecule has 1 N–H and O–H groups in total. The molecule has 1 aliphatic carbocycles. The van der Waals surface area contributed by atoms with E-state index >= 15 is 0 Å². The van der Waals surface area contributed by atoms with E-state index in [0.29, 0.717) is 24.8 Å². The molecular weight excluding hydrogens is 242 g/mol. The van der Waals surface area contributed by atoms with Crippen molar-refractivity contribution in [1.29, 1.82) is 0 Å². The highest BCUT2D eigenvalue weighted by Crippen LogP contribution is 2.38. The van der Waals surface area contributed by atoms with Gasteiger partial charge in [0.1, 0.15) is 0 Å². The molecule has 3 rings (SSSR count). The van der Waals surface area contributed by atoms with Crippen LogP contribution in [0.4, 0.5) is 0 Å². The number of nitrogens with one attached hydrogen (secondary N) is 1. The van der Waals surface area contributed by atoms with Crippen LogP contribution in [0.1, 0.15) is 30.5 Å². The van der Waals surface area contributed by atoms with Gasteiger partial charge in [0.25, 0.3) is 0 Å². The lowest BCUT2D eigenvalue weighted by molar-refractivity contribution is 0.357. The van der Waals surface area contributed by atoms with Gasteiger partial charge in [-0.05, 0) is 12.8 Å². The maximum absolute atomic E-state index is 11.5. The van der Waals surface area contributed by atoms with Gasteiger partial charge in [0, 0.05) is 24.9 Å². The van der Waals surface area contributed by atoms with E-state index in [1.165, 1.54) is 0 Å². The predicted octanol–water partition coefficient (Wildman–Crippen LogP) is -0.124. The summed E-state index contributed by atoms with van der Waals surface area (Å²) in [5.74, 6) is 2.17. The Balaban J connectivity index is 1.65. The molecule has 1 atom stereocenters. The van der Waals surface area contributed by atoms with Crippen LogP contribution in [0.3, 0.4) is 0 Å². The van der Waals surface area contributed by atoms with E-state index in [-0.39, 0.29) is 17.5 Å². The van der Waals surface area contributed by atoms with Crippen LogP contribution in [-0.4, -0.2) is 42.7 Å². The largest absolute Gasteiger partial charge is 0.339 e. The fourth-order valence-electron chi connectivity index (χ4n) is 2.07. The van der Waals surface area contributed by atoms with Gasteiger partial charge in [0.15, 0.2) is 15.7 Å². The number of sulfone groups is 1. The summed E-state index contributed by atoms with van der Waals surface area (Å²) in [6, 6.07) is -0.0961. The molecule has 1 unspecified atom stereocenters. The predicted molar refractivity (Wildman–Crippen MR) is 60.4 cm³/mol. The van der Waals surface area contributed by atoms with Crippen LogP contribution < -0.4 is 5.32 Å². The molecular formula is C10H15N3O3S. The maximum Gasteiger partial charge on any atom is 0.228 e. The van der Waals surface area contributed by atoms with Crippen LogP contribution in [-0.2, 0) is 16.3 Å². The van der Waals surface area contributed by atoms with E-state index in [1.807, 2.05) is 0 Å². The monoisotopic (exact) mass is 257 g/mol. The number of rotatable bonds is 3. The average Bonchev–Trinajstić information content (AvgIpc) is 2.99. The molecule has 0 spiro atoms. The van der Waals surface area contributed by atoms with Crippen LogP contribution in [0.5, 0.6) is 0 Å². The zero-order chi connectivity index (χ0) is 11.9. The Morgan fingerprint density at radius 1 is 1.41 bits per heavy atom. The lowest BCUT2D eigenvalue weighted by atomic mass is 10.2. The molecule has 7 heteroatoms. The molecule has 2 heterocycles. The summed E-state index contributed by atoms with van der Waals surface area (Å²) in [7, 11) is -2.90. The first kappa shape index (κ1) is 11.2. The van der Waals surface area contributed by atoms with E-state index in [2.05, 4.69) is 15.5 Å². The maximum atomic E-state index is 11.5. The van der Waals surface area contributed by atoms with Crippen molar-refractivity contribution in [2.24, 2.45) is 0 Å². The fraction of sp³-hybridized carbons (Fsp3) is 0.800. The molecule has 1 saturated heterocycles. The van der Waals surface area contributed by atoms with Crippen molar-refractivity contribution in [2.45, 2.75) is 31.2 Å². The number of aromatic nitrogens is 2. The molecule has 1 saturated carbocycles. The SMILES string of the molecule is O=S1(=O)CCNC(Cc2nc(C3CC3)no2)C1. The summed E-state index contributed by atoms with van der Waals surface area (Å²) in [4.78, 5) is 4.30. The summed E-state index contributed by atoms with van der Waals surface area (Å²) in [6.45, 7) is 0.511. The second-order valence-electron chi connectivity index (χ2n) is 4.79. The first-order valence-corrected chi connectivity index (χ1v) is 7.71. The minimum Gasteiger partial charge on any atom is -0.339 e. The second-order valence-corrected chi connectivity index (χ2v) is 7.02. The van der Waals surface area contributed by atoms with Crippen molar-refractivity contribution in [1.82, 2.24) is 15.5 Å². The van der Waals surface area contributed by atoms with Crippen LogP contribution in [0, 0.1) is 0 Å². The summed E-state index contributed by atoms with van der Waals surface area (Å²) in [6.07, 6.45) is 2.77. The Morgan fingerprint density at radius 3 is 2.94 bits per heavy atom. The Morgan fingerprint density at radius 2 is 2.24 bits per heavy atom. The van der Waals surface area contributed by atoms with Crippen LogP contribution in [0.2, 0.25) is 0 Å². The minimum atomic E-state index is -2.90. The highest BCUT2D eigenvalue weighted by atomic mass is 32.2. The summed E-state index contributed by atoms with van der Waals surface area (Å²) >= 11 is 0. The van der Waals surface area contributed by atoms with Crippen molar-refractivity contribution in [3.05, 3.63) is 11.7 Å². The van der Waals surface area contributed by atoms with Crippen molar-refractivity contribution >= 4 is 9.84 Å². The van der Waals surface area contributed by atoms with Crippen LogP contribution >= 0.6 is 0 Å². The summed E-state index contributed by atoms with van der Waals surface area (Å²) < 4.78 is 28.1. The molecule has 94 valence electrons. The van der Waals surface area contributed by atoms with E-state index in [4.69, 9.17) is 4.52 Å².